The molecule has 4 N–H and O–H groups in total. The van der Waals surface area contributed by atoms with Gasteiger partial charge in [0.15, 0.2) is 17.8 Å². The molecule has 1 aliphatic heterocycles. The number of aliphatic hydroxyl groups excluding tert-OH is 1. The largest absolute Gasteiger partial charge is 0.480 e. The van der Waals surface area contributed by atoms with E-state index in [-0.39, 0.29) is 18.1 Å². The van der Waals surface area contributed by atoms with E-state index < -0.39 is 27.7 Å². The molecule has 2 amide bonds. The SMILES string of the molecule is CC(C)(C)c1cc(NC(=O)N[C@@]2(C=O)C=C[C@@H](Oc3ccc4nnc([C@@H]5CCCN5CCO)n4c3)c3ccccc32)cc(NS(C)(=O)=O)c1. The highest BCUT2D eigenvalue weighted by Crippen LogP contribution is 2.38. The van der Waals surface area contributed by atoms with Gasteiger partial charge in [-0.3, -0.25) is 18.8 Å². The molecule has 0 bridgehead atoms. The van der Waals surface area contributed by atoms with Crippen LogP contribution in [0.3, 0.4) is 0 Å². The predicted octanol–water partition coefficient (Wildman–Crippen LogP) is 4.43. The average molecular weight is 688 g/mol. The maximum Gasteiger partial charge on any atom is 0.320 e. The first-order chi connectivity index (χ1) is 23.3. The van der Waals surface area contributed by atoms with Gasteiger partial charge in [-0.1, -0.05) is 45.0 Å². The number of carbonyl (C=O) groups is 2. The highest BCUT2D eigenvalue weighted by molar-refractivity contribution is 7.92. The summed E-state index contributed by atoms with van der Waals surface area (Å²) in [4.78, 5) is 28.5. The number of nitrogens with zero attached hydrogens (tertiary/aromatic N) is 4. The van der Waals surface area contributed by atoms with E-state index >= 15 is 0 Å². The Hall–Kier alpha value is -4.79. The van der Waals surface area contributed by atoms with E-state index in [1.165, 1.54) is 6.07 Å². The molecule has 6 rings (SSSR count). The van der Waals surface area contributed by atoms with Crippen LogP contribution in [-0.2, 0) is 25.8 Å². The summed E-state index contributed by atoms with van der Waals surface area (Å²) >= 11 is 0. The molecule has 2 aromatic carbocycles. The van der Waals surface area contributed by atoms with Crippen LogP contribution in [0.2, 0.25) is 0 Å². The smallest absolute Gasteiger partial charge is 0.320 e. The molecule has 1 saturated heterocycles. The number of hydrogen-bond donors (Lipinski definition) is 4. The monoisotopic (exact) mass is 687 g/mol. The van der Waals surface area contributed by atoms with Crippen molar-refractivity contribution < 1.29 is 27.9 Å². The number of aliphatic hydroxyl groups is 1. The summed E-state index contributed by atoms with van der Waals surface area (Å²) in [6, 6.07) is 15.3. The molecular formula is C35H41N7O6S. The van der Waals surface area contributed by atoms with Gasteiger partial charge in [0.25, 0.3) is 0 Å². The third-order valence-corrected chi connectivity index (χ3v) is 9.43. The lowest BCUT2D eigenvalue weighted by molar-refractivity contribution is -0.111. The Balaban J connectivity index is 1.25. The number of carbonyl (C=O) groups excluding carboxylic acids is 2. The number of urea groups is 1. The predicted molar refractivity (Wildman–Crippen MR) is 186 cm³/mol. The van der Waals surface area contributed by atoms with Crippen LogP contribution in [0.4, 0.5) is 16.2 Å². The number of aromatic nitrogens is 3. The van der Waals surface area contributed by atoms with Crippen LogP contribution in [0, 0.1) is 0 Å². The summed E-state index contributed by atoms with van der Waals surface area (Å²) in [7, 11) is -3.56. The molecule has 0 saturated carbocycles. The number of likely N-dealkylation sites (tertiary alicyclic amines) is 1. The molecule has 4 aromatic rings. The second-order valence-corrected chi connectivity index (χ2v) is 15.3. The third kappa shape index (κ3) is 7.31. The molecule has 13 nitrogen and oxygen atoms in total. The van der Waals surface area contributed by atoms with E-state index in [9.17, 15) is 23.1 Å². The second-order valence-electron chi connectivity index (χ2n) is 13.5. The summed E-state index contributed by atoms with van der Waals surface area (Å²) < 4.78 is 34.8. The Bertz CT molecular complexity index is 2020. The average Bonchev–Trinajstić information content (AvgIpc) is 3.67. The molecule has 258 valence electrons. The van der Waals surface area contributed by atoms with Gasteiger partial charge in [0.2, 0.25) is 10.0 Å². The van der Waals surface area contributed by atoms with Gasteiger partial charge >= 0.3 is 6.03 Å². The number of sulfonamides is 1. The molecule has 0 spiro atoms. The summed E-state index contributed by atoms with van der Waals surface area (Å²) in [6.45, 7) is 7.45. The summed E-state index contributed by atoms with van der Waals surface area (Å²) in [5, 5.41) is 24.0. The number of anilines is 2. The topological polar surface area (TPSA) is 167 Å². The minimum Gasteiger partial charge on any atom is -0.480 e. The number of rotatable bonds is 10. The van der Waals surface area contributed by atoms with Crippen LogP contribution in [0.5, 0.6) is 5.75 Å². The Morgan fingerprint density at radius 3 is 2.63 bits per heavy atom. The lowest BCUT2D eigenvalue weighted by Crippen LogP contribution is -2.49. The fraction of sp³-hybridized carbons (Fsp3) is 0.371. The van der Waals surface area contributed by atoms with Crippen LogP contribution in [-0.4, -0.2) is 71.3 Å². The molecule has 0 radical (unpaired) electrons. The zero-order chi connectivity index (χ0) is 35.0. The Kier molecular flexibility index (Phi) is 9.22. The van der Waals surface area contributed by atoms with Crippen LogP contribution in [0.1, 0.15) is 68.3 Å². The molecule has 3 atom stereocenters. The Labute approximate surface area is 285 Å². The summed E-state index contributed by atoms with van der Waals surface area (Å²) in [5.41, 5.74) is 1.54. The van der Waals surface area contributed by atoms with E-state index in [2.05, 4.69) is 30.5 Å². The molecular weight excluding hydrogens is 646 g/mol. The van der Waals surface area contributed by atoms with E-state index in [4.69, 9.17) is 4.74 Å². The lowest BCUT2D eigenvalue weighted by Gasteiger charge is -2.34. The van der Waals surface area contributed by atoms with Gasteiger partial charge in [0, 0.05) is 17.8 Å². The second kappa shape index (κ2) is 13.3. The van der Waals surface area contributed by atoms with Crippen LogP contribution < -0.4 is 20.1 Å². The maximum absolute atomic E-state index is 13.5. The number of amides is 2. The van der Waals surface area contributed by atoms with Gasteiger partial charge in [-0.2, -0.15) is 0 Å². The molecule has 2 aromatic heterocycles. The zero-order valence-corrected chi connectivity index (χ0v) is 28.7. The molecule has 1 fully saturated rings. The van der Waals surface area contributed by atoms with Gasteiger partial charge in [0.1, 0.15) is 17.4 Å². The third-order valence-electron chi connectivity index (χ3n) is 8.83. The van der Waals surface area contributed by atoms with Gasteiger partial charge in [-0.25, -0.2) is 13.2 Å². The number of β-amino-alcohol motifs (C(OH)–C–C–N with tert-alkyl or cyclic N) is 1. The number of pyridine rings is 1. The number of hydrogen-bond acceptors (Lipinski definition) is 9. The van der Waals surface area contributed by atoms with Crippen LogP contribution in [0.25, 0.3) is 5.65 Å². The molecule has 14 heteroatoms. The van der Waals surface area contributed by atoms with Crippen LogP contribution in [0.15, 0.2) is 72.9 Å². The van der Waals surface area contributed by atoms with Crippen molar-refractivity contribution in [3.8, 4) is 5.75 Å². The number of aldehydes is 1. The number of ether oxygens (including phenoxy) is 1. The van der Waals surface area contributed by atoms with Crippen molar-refractivity contribution in [2.24, 2.45) is 0 Å². The van der Waals surface area contributed by atoms with Crippen molar-refractivity contribution in [2.75, 3.05) is 36.0 Å². The van der Waals surface area contributed by atoms with Crippen molar-refractivity contribution in [3.63, 3.8) is 0 Å². The standard InChI is InChI=1S/C35H41N7O6S/c1-34(2,3)23-18-24(20-25(19-23)40-49(4,46)47)36-33(45)37-35(22-44)14-13-30(27-8-5-6-9-28(27)35)48-26-11-12-31-38-39-32(42(31)21-26)29-10-7-15-41(29)16-17-43/h5-6,8-9,11-14,18-22,29-30,40,43H,7,10,15-17H2,1-4H3,(H2,36,37,45)/t29-,30+,35+/m0/s1. The zero-order valence-electron chi connectivity index (χ0n) is 27.9. The van der Waals surface area contributed by atoms with Gasteiger partial charge in [-0.15, -0.1) is 10.2 Å². The number of nitrogens with one attached hydrogen (secondary N) is 3. The minimum absolute atomic E-state index is 0.0385. The Morgan fingerprint density at radius 2 is 1.90 bits per heavy atom. The van der Waals surface area contributed by atoms with Gasteiger partial charge < -0.3 is 20.5 Å². The first-order valence-corrected chi connectivity index (χ1v) is 18.0. The summed E-state index contributed by atoms with van der Waals surface area (Å²) in [5.74, 6) is 1.35. The molecule has 49 heavy (non-hydrogen) atoms. The maximum atomic E-state index is 13.5. The van der Waals surface area contributed by atoms with E-state index in [1.807, 2.05) is 55.6 Å². The van der Waals surface area contributed by atoms with Gasteiger partial charge in [0.05, 0.1) is 30.8 Å². The first-order valence-electron chi connectivity index (χ1n) is 16.1. The fourth-order valence-corrected chi connectivity index (χ4v) is 7.05. The van der Waals surface area contributed by atoms with E-state index in [1.54, 1.807) is 36.4 Å². The highest BCUT2D eigenvalue weighted by atomic mass is 32.2. The number of fused-ring (bicyclic) bond motifs is 2. The van der Waals surface area contributed by atoms with Crippen LogP contribution >= 0.6 is 0 Å². The van der Waals surface area contributed by atoms with Crippen molar-refractivity contribution in [1.29, 1.82) is 0 Å². The van der Waals surface area contributed by atoms with E-state index in [0.29, 0.717) is 46.7 Å². The minimum atomic E-state index is -3.56. The van der Waals surface area contributed by atoms with Crippen molar-refractivity contribution in [1.82, 2.24) is 24.8 Å². The highest BCUT2D eigenvalue weighted by Gasteiger charge is 2.38. The molecule has 3 heterocycles. The van der Waals surface area contributed by atoms with Crippen molar-refractivity contribution in [3.05, 3.63) is 95.5 Å². The lowest BCUT2D eigenvalue weighted by atomic mass is 9.81. The Morgan fingerprint density at radius 1 is 1.12 bits per heavy atom. The molecule has 1 aliphatic carbocycles. The van der Waals surface area contributed by atoms with Gasteiger partial charge in [-0.05, 0) is 78.4 Å². The molecule has 2 aliphatic rings. The number of benzene rings is 2. The summed E-state index contributed by atoms with van der Waals surface area (Å²) in [6.07, 6.45) is 8.29. The normalized spacial score (nSPS) is 20.9. The quantitative estimate of drug-likeness (QED) is 0.139. The van der Waals surface area contributed by atoms with Crippen molar-refractivity contribution in [2.45, 2.75) is 56.7 Å². The van der Waals surface area contributed by atoms with E-state index in [0.717, 1.165) is 37.0 Å². The first kappa shape index (κ1) is 34.1. The fourth-order valence-electron chi connectivity index (χ4n) is 6.50. The van der Waals surface area contributed by atoms with Crippen molar-refractivity contribution >= 4 is 39.4 Å². The molecule has 0 unspecified atom stereocenters.